The summed E-state index contributed by atoms with van der Waals surface area (Å²) in [6, 6.07) is 2.32. The van der Waals surface area contributed by atoms with Crippen molar-refractivity contribution in [2.24, 2.45) is 0 Å². The van der Waals surface area contributed by atoms with Crippen molar-refractivity contribution >= 4 is 17.4 Å². The third-order valence-electron chi connectivity index (χ3n) is 3.53. The molecule has 112 valence electrons. The summed E-state index contributed by atoms with van der Waals surface area (Å²) in [4.78, 5) is 16.1. The number of nitrogens with one attached hydrogen (secondary N) is 1. The van der Waals surface area contributed by atoms with E-state index in [1.54, 1.807) is 11.3 Å². The molecule has 2 heterocycles. The Morgan fingerprint density at radius 3 is 3.05 bits per heavy atom. The van der Waals surface area contributed by atoms with Gasteiger partial charge in [0, 0.05) is 19.6 Å². The van der Waals surface area contributed by atoms with Gasteiger partial charge >= 0.3 is 6.03 Å². The number of morpholine rings is 1. The number of likely N-dealkylation sites (N-methyl/N-ethyl adjacent to an activating group) is 1. The van der Waals surface area contributed by atoms with Crippen LogP contribution in [0.15, 0.2) is 16.8 Å². The zero-order chi connectivity index (χ0) is 14.5. The SMILES string of the molecule is C[C@H]1CN(C(=O)NC[C@H](c2ccsc2)N(C)C)CCO1. The lowest BCUT2D eigenvalue weighted by Crippen LogP contribution is -2.50. The van der Waals surface area contributed by atoms with Gasteiger partial charge in [0.05, 0.1) is 18.8 Å². The molecule has 0 aromatic carbocycles. The minimum Gasteiger partial charge on any atom is -0.375 e. The predicted molar refractivity (Wildman–Crippen MR) is 81.1 cm³/mol. The highest BCUT2D eigenvalue weighted by Crippen LogP contribution is 2.20. The summed E-state index contributed by atoms with van der Waals surface area (Å²) in [5.74, 6) is 0. The Morgan fingerprint density at radius 2 is 2.45 bits per heavy atom. The molecular formula is C14H23N3O2S. The predicted octanol–water partition coefficient (Wildman–Crippen LogP) is 1.78. The molecule has 20 heavy (non-hydrogen) atoms. The maximum atomic E-state index is 12.2. The first-order valence-corrected chi connectivity index (χ1v) is 7.85. The Labute approximate surface area is 124 Å². The average molecular weight is 297 g/mol. The van der Waals surface area contributed by atoms with E-state index in [4.69, 9.17) is 4.74 Å². The highest BCUT2D eigenvalue weighted by atomic mass is 32.1. The Balaban J connectivity index is 1.87. The van der Waals surface area contributed by atoms with Crippen molar-refractivity contribution in [2.45, 2.75) is 19.1 Å². The zero-order valence-electron chi connectivity index (χ0n) is 12.3. The Hall–Kier alpha value is -1.11. The number of thiophene rings is 1. The van der Waals surface area contributed by atoms with Crippen LogP contribution >= 0.6 is 11.3 Å². The molecule has 1 aromatic rings. The first-order valence-electron chi connectivity index (χ1n) is 6.91. The third kappa shape index (κ3) is 3.94. The van der Waals surface area contributed by atoms with E-state index < -0.39 is 0 Å². The molecular weight excluding hydrogens is 274 g/mol. The molecule has 5 nitrogen and oxygen atoms in total. The largest absolute Gasteiger partial charge is 0.375 e. The smallest absolute Gasteiger partial charge is 0.317 e. The van der Waals surface area contributed by atoms with Gasteiger partial charge in [-0.25, -0.2) is 4.79 Å². The maximum Gasteiger partial charge on any atom is 0.317 e. The van der Waals surface area contributed by atoms with E-state index in [1.165, 1.54) is 5.56 Å². The van der Waals surface area contributed by atoms with E-state index in [9.17, 15) is 4.79 Å². The van der Waals surface area contributed by atoms with Gasteiger partial charge in [-0.05, 0) is 43.4 Å². The van der Waals surface area contributed by atoms with Gasteiger partial charge < -0.3 is 19.9 Å². The van der Waals surface area contributed by atoms with E-state index in [0.717, 1.165) is 0 Å². The molecule has 0 bridgehead atoms. The van der Waals surface area contributed by atoms with E-state index in [2.05, 4.69) is 27.0 Å². The number of rotatable bonds is 4. The second-order valence-corrected chi connectivity index (χ2v) is 6.13. The summed E-state index contributed by atoms with van der Waals surface area (Å²) >= 11 is 1.68. The van der Waals surface area contributed by atoms with Crippen LogP contribution in [0.5, 0.6) is 0 Å². The Kier molecular flexibility index (Phi) is 5.39. The first kappa shape index (κ1) is 15.3. The van der Waals surface area contributed by atoms with Gasteiger partial charge in [-0.15, -0.1) is 0 Å². The molecule has 1 aliphatic rings. The highest BCUT2D eigenvalue weighted by molar-refractivity contribution is 7.07. The fourth-order valence-corrected chi connectivity index (χ4v) is 3.07. The fourth-order valence-electron chi connectivity index (χ4n) is 2.36. The van der Waals surface area contributed by atoms with Gasteiger partial charge in [-0.2, -0.15) is 11.3 Å². The van der Waals surface area contributed by atoms with Crippen LogP contribution in [-0.2, 0) is 4.74 Å². The maximum absolute atomic E-state index is 12.2. The number of ether oxygens (including phenoxy) is 1. The molecule has 1 aliphatic heterocycles. The quantitative estimate of drug-likeness (QED) is 0.921. The summed E-state index contributed by atoms with van der Waals surface area (Å²) in [7, 11) is 4.07. The van der Waals surface area contributed by atoms with Crippen LogP contribution in [-0.4, -0.2) is 62.3 Å². The second-order valence-electron chi connectivity index (χ2n) is 5.35. The molecule has 2 atom stereocenters. The number of amides is 2. The number of carbonyl (C=O) groups is 1. The van der Waals surface area contributed by atoms with Crippen LogP contribution in [0.3, 0.4) is 0 Å². The number of hydrogen-bond acceptors (Lipinski definition) is 4. The molecule has 2 amide bonds. The van der Waals surface area contributed by atoms with Crippen molar-refractivity contribution in [3.63, 3.8) is 0 Å². The van der Waals surface area contributed by atoms with Crippen molar-refractivity contribution in [1.82, 2.24) is 15.1 Å². The van der Waals surface area contributed by atoms with Crippen LogP contribution in [0.4, 0.5) is 4.79 Å². The van der Waals surface area contributed by atoms with Gasteiger partial charge in [-0.3, -0.25) is 0 Å². The fraction of sp³-hybridized carbons (Fsp3) is 0.643. The van der Waals surface area contributed by atoms with Crippen molar-refractivity contribution < 1.29 is 9.53 Å². The second kappa shape index (κ2) is 7.06. The third-order valence-corrected chi connectivity index (χ3v) is 4.23. The first-order chi connectivity index (χ1) is 9.58. The van der Waals surface area contributed by atoms with Gasteiger partial charge in [0.15, 0.2) is 0 Å². The van der Waals surface area contributed by atoms with Crippen molar-refractivity contribution in [3.05, 3.63) is 22.4 Å². The summed E-state index contributed by atoms with van der Waals surface area (Å²) in [5.41, 5.74) is 1.25. The molecule has 2 rings (SSSR count). The lowest BCUT2D eigenvalue weighted by Gasteiger charge is -2.32. The van der Waals surface area contributed by atoms with Gasteiger partial charge in [0.2, 0.25) is 0 Å². The number of urea groups is 1. The Bertz CT molecular complexity index is 422. The summed E-state index contributed by atoms with van der Waals surface area (Å²) in [5, 5.41) is 7.24. The van der Waals surface area contributed by atoms with E-state index >= 15 is 0 Å². The lowest BCUT2D eigenvalue weighted by atomic mass is 10.1. The lowest BCUT2D eigenvalue weighted by molar-refractivity contribution is -0.00363. The van der Waals surface area contributed by atoms with Crippen molar-refractivity contribution in [2.75, 3.05) is 40.3 Å². The standard InChI is InChI=1S/C14H23N3O2S/c1-11-9-17(5-6-19-11)14(18)15-8-13(16(2)3)12-4-7-20-10-12/h4,7,10-11,13H,5-6,8-9H2,1-3H3,(H,15,18)/t11-,13+/m0/s1. The zero-order valence-corrected chi connectivity index (χ0v) is 13.2. The molecule has 0 spiro atoms. The minimum atomic E-state index is 0.00206. The van der Waals surface area contributed by atoms with Crippen molar-refractivity contribution in [3.8, 4) is 0 Å². The summed E-state index contributed by atoms with van der Waals surface area (Å²) in [6.07, 6.45) is 0.121. The molecule has 1 saturated heterocycles. The average Bonchev–Trinajstić information content (AvgIpc) is 2.92. The molecule has 0 saturated carbocycles. The van der Waals surface area contributed by atoms with Crippen molar-refractivity contribution in [1.29, 1.82) is 0 Å². The molecule has 0 radical (unpaired) electrons. The number of carbonyl (C=O) groups excluding carboxylic acids is 1. The van der Waals surface area contributed by atoms with Gasteiger partial charge in [0.1, 0.15) is 0 Å². The van der Waals surface area contributed by atoms with Crippen LogP contribution in [0.1, 0.15) is 18.5 Å². The molecule has 0 unspecified atom stereocenters. The van der Waals surface area contributed by atoms with Gasteiger partial charge in [0.25, 0.3) is 0 Å². The monoisotopic (exact) mass is 297 g/mol. The molecule has 1 N–H and O–H groups in total. The topological polar surface area (TPSA) is 44.8 Å². The Morgan fingerprint density at radius 1 is 1.65 bits per heavy atom. The molecule has 1 fully saturated rings. The van der Waals surface area contributed by atoms with Crippen LogP contribution in [0, 0.1) is 0 Å². The van der Waals surface area contributed by atoms with E-state index in [-0.39, 0.29) is 18.2 Å². The summed E-state index contributed by atoms with van der Waals surface area (Å²) in [6.45, 7) is 4.57. The number of hydrogen-bond donors (Lipinski definition) is 1. The minimum absolute atomic E-state index is 0.00206. The van der Waals surface area contributed by atoms with Crippen LogP contribution < -0.4 is 5.32 Å². The summed E-state index contributed by atoms with van der Waals surface area (Å²) < 4.78 is 5.45. The molecule has 0 aliphatic carbocycles. The normalized spacial score (nSPS) is 21.0. The van der Waals surface area contributed by atoms with E-state index in [1.807, 2.05) is 25.9 Å². The highest BCUT2D eigenvalue weighted by Gasteiger charge is 2.22. The van der Waals surface area contributed by atoms with Gasteiger partial charge in [-0.1, -0.05) is 0 Å². The van der Waals surface area contributed by atoms with Crippen LogP contribution in [0.2, 0.25) is 0 Å². The molecule has 1 aromatic heterocycles. The van der Waals surface area contributed by atoms with E-state index in [0.29, 0.717) is 26.2 Å². The molecule has 6 heteroatoms. The van der Waals surface area contributed by atoms with Crippen LogP contribution in [0.25, 0.3) is 0 Å². The number of nitrogens with zero attached hydrogens (tertiary/aromatic N) is 2.